The van der Waals surface area contributed by atoms with Crippen molar-refractivity contribution in [3.8, 4) is 5.75 Å². The summed E-state index contributed by atoms with van der Waals surface area (Å²) in [5.41, 5.74) is 1.46. The summed E-state index contributed by atoms with van der Waals surface area (Å²) in [5.74, 6) is 0.425. The van der Waals surface area contributed by atoms with Gasteiger partial charge in [0.05, 0.1) is 13.0 Å². The van der Waals surface area contributed by atoms with Crippen LogP contribution in [-0.4, -0.2) is 12.5 Å². The van der Waals surface area contributed by atoms with Gasteiger partial charge in [-0.1, -0.05) is 30.3 Å². The van der Waals surface area contributed by atoms with Gasteiger partial charge in [-0.3, -0.25) is 4.79 Å². The molecule has 0 unspecified atom stereocenters. The Morgan fingerprint density at radius 1 is 1.19 bits per heavy atom. The lowest BCUT2D eigenvalue weighted by atomic mass is 10.1. The smallest absolute Gasteiger partial charge is 0.223 e. The fourth-order valence-electron chi connectivity index (χ4n) is 1.88. The molecule has 0 aliphatic carbocycles. The number of hydrogen-bond acceptors (Lipinski definition) is 2. The van der Waals surface area contributed by atoms with Crippen LogP contribution in [0.15, 0.2) is 48.5 Å². The molecule has 0 spiro atoms. The second-order valence-electron chi connectivity index (χ2n) is 4.77. The van der Waals surface area contributed by atoms with Gasteiger partial charge in [-0.25, -0.2) is 4.39 Å². The molecule has 2 aromatic carbocycles. The highest BCUT2D eigenvalue weighted by atomic mass is 19.1. The summed E-state index contributed by atoms with van der Waals surface area (Å²) in [6, 6.07) is 14.2. The molecule has 1 amide bonds. The van der Waals surface area contributed by atoms with Crippen molar-refractivity contribution >= 4 is 5.91 Å². The third-order valence-electron chi connectivity index (χ3n) is 3.05. The number of aryl methyl sites for hydroxylation is 1. The molecule has 3 nitrogen and oxygen atoms in total. The number of halogens is 1. The van der Waals surface area contributed by atoms with Crippen molar-refractivity contribution in [1.82, 2.24) is 5.32 Å². The molecular formula is C17H18FNO2. The van der Waals surface area contributed by atoms with E-state index in [9.17, 15) is 9.18 Å². The van der Waals surface area contributed by atoms with E-state index < -0.39 is 0 Å². The van der Waals surface area contributed by atoms with Crippen molar-refractivity contribution in [3.63, 3.8) is 0 Å². The zero-order valence-electron chi connectivity index (χ0n) is 11.9. The van der Waals surface area contributed by atoms with E-state index in [2.05, 4.69) is 5.32 Å². The molecule has 0 saturated carbocycles. The van der Waals surface area contributed by atoms with E-state index in [1.807, 2.05) is 30.3 Å². The van der Waals surface area contributed by atoms with E-state index in [0.717, 1.165) is 11.3 Å². The van der Waals surface area contributed by atoms with E-state index in [-0.39, 0.29) is 18.1 Å². The number of carbonyl (C=O) groups is 1. The zero-order valence-corrected chi connectivity index (χ0v) is 11.9. The first-order valence-electron chi connectivity index (χ1n) is 6.85. The quantitative estimate of drug-likeness (QED) is 0.886. The molecule has 0 radical (unpaired) electrons. The molecule has 0 aliphatic rings. The Morgan fingerprint density at radius 3 is 2.67 bits per heavy atom. The molecule has 1 N–H and O–H groups in total. The molecule has 21 heavy (non-hydrogen) atoms. The number of para-hydroxylation sites is 1. The first-order valence-corrected chi connectivity index (χ1v) is 6.85. The highest BCUT2D eigenvalue weighted by Crippen LogP contribution is 2.10. The summed E-state index contributed by atoms with van der Waals surface area (Å²) in [6.07, 6.45) is 0.287. The van der Waals surface area contributed by atoms with Gasteiger partial charge in [0, 0.05) is 6.54 Å². The monoisotopic (exact) mass is 287 g/mol. The SMILES string of the molecule is Cc1cc(CNC(=O)CCOc2ccccc2)ccc1F. The molecule has 0 heterocycles. The largest absolute Gasteiger partial charge is 0.493 e. The second kappa shape index (κ2) is 7.43. The van der Waals surface area contributed by atoms with Crippen molar-refractivity contribution in [2.75, 3.05) is 6.61 Å². The normalized spacial score (nSPS) is 10.2. The highest BCUT2D eigenvalue weighted by Gasteiger charge is 2.03. The average Bonchev–Trinajstić information content (AvgIpc) is 2.49. The van der Waals surface area contributed by atoms with Gasteiger partial charge in [0.15, 0.2) is 0 Å². The van der Waals surface area contributed by atoms with Crippen LogP contribution in [0.5, 0.6) is 5.75 Å². The van der Waals surface area contributed by atoms with Crippen LogP contribution in [0.1, 0.15) is 17.5 Å². The third-order valence-corrected chi connectivity index (χ3v) is 3.05. The zero-order chi connectivity index (χ0) is 15.1. The number of rotatable bonds is 6. The summed E-state index contributed by atoms with van der Waals surface area (Å²) < 4.78 is 18.6. The highest BCUT2D eigenvalue weighted by molar-refractivity contribution is 5.76. The Morgan fingerprint density at radius 2 is 1.95 bits per heavy atom. The number of hydrogen-bond donors (Lipinski definition) is 1. The summed E-state index contributed by atoms with van der Waals surface area (Å²) >= 11 is 0. The van der Waals surface area contributed by atoms with Crippen LogP contribution in [0.3, 0.4) is 0 Å². The fourth-order valence-corrected chi connectivity index (χ4v) is 1.88. The van der Waals surface area contributed by atoms with Crippen LogP contribution in [0.25, 0.3) is 0 Å². The predicted molar refractivity (Wildman–Crippen MR) is 79.5 cm³/mol. The molecule has 2 aromatic rings. The van der Waals surface area contributed by atoms with Gasteiger partial charge in [0.1, 0.15) is 11.6 Å². The first-order chi connectivity index (χ1) is 10.1. The van der Waals surface area contributed by atoms with Gasteiger partial charge in [-0.2, -0.15) is 0 Å². The predicted octanol–water partition coefficient (Wildman–Crippen LogP) is 3.22. The van der Waals surface area contributed by atoms with Gasteiger partial charge >= 0.3 is 0 Å². The lowest BCUT2D eigenvalue weighted by Gasteiger charge is -2.08. The number of nitrogens with one attached hydrogen (secondary N) is 1. The van der Waals surface area contributed by atoms with Crippen LogP contribution >= 0.6 is 0 Å². The summed E-state index contributed by atoms with van der Waals surface area (Å²) in [7, 11) is 0. The molecule has 4 heteroatoms. The van der Waals surface area contributed by atoms with Crippen LogP contribution in [-0.2, 0) is 11.3 Å². The standard InChI is InChI=1S/C17H18FNO2/c1-13-11-14(7-8-16(13)18)12-19-17(20)9-10-21-15-5-3-2-4-6-15/h2-8,11H,9-10,12H2,1H3,(H,19,20). The van der Waals surface area contributed by atoms with E-state index >= 15 is 0 Å². The Kier molecular flexibility index (Phi) is 5.32. The van der Waals surface area contributed by atoms with Crippen molar-refractivity contribution in [2.24, 2.45) is 0 Å². The maximum Gasteiger partial charge on any atom is 0.223 e. The third kappa shape index (κ3) is 4.91. The van der Waals surface area contributed by atoms with E-state index in [4.69, 9.17) is 4.74 Å². The van der Waals surface area contributed by atoms with Crippen LogP contribution in [0.4, 0.5) is 4.39 Å². The number of benzene rings is 2. The van der Waals surface area contributed by atoms with E-state index in [1.54, 1.807) is 19.1 Å². The minimum Gasteiger partial charge on any atom is -0.493 e. The first kappa shape index (κ1) is 15.0. The number of ether oxygens (including phenoxy) is 1. The van der Waals surface area contributed by atoms with Gasteiger partial charge in [-0.05, 0) is 36.2 Å². The lowest BCUT2D eigenvalue weighted by Crippen LogP contribution is -2.24. The molecule has 0 bridgehead atoms. The average molecular weight is 287 g/mol. The summed E-state index contributed by atoms with van der Waals surface area (Å²) in [6.45, 7) is 2.43. The van der Waals surface area contributed by atoms with Crippen LogP contribution < -0.4 is 10.1 Å². The summed E-state index contributed by atoms with van der Waals surface area (Å²) in [4.78, 5) is 11.7. The van der Waals surface area contributed by atoms with Crippen molar-refractivity contribution < 1.29 is 13.9 Å². The lowest BCUT2D eigenvalue weighted by molar-refractivity contribution is -0.121. The van der Waals surface area contributed by atoms with Gasteiger partial charge < -0.3 is 10.1 Å². The Bertz CT molecular complexity index is 599. The van der Waals surface area contributed by atoms with Gasteiger partial charge in [0.2, 0.25) is 5.91 Å². The van der Waals surface area contributed by atoms with E-state index in [0.29, 0.717) is 18.7 Å². The van der Waals surface area contributed by atoms with Crippen molar-refractivity contribution in [3.05, 3.63) is 65.5 Å². The maximum absolute atomic E-state index is 13.1. The molecule has 110 valence electrons. The molecule has 0 aromatic heterocycles. The van der Waals surface area contributed by atoms with E-state index in [1.165, 1.54) is 6.07 Å². The van der Waals surface area contributed by atoms with Gasteiger partial charge in [0.25, 0.3) is 0 Å². The molecule has 0 saturated heterocycles. The fraction of sp³-hybridized carbons (Fsp3) is 0.235. The minimum absolute atomic E-state index is 0.0899. The number of carbonyl (C=O) groups excluding carboxylic acids is 1. The van der Waals surface area contributed by atoms with Crippen molar-refractivity contribution in [2.45, 2.75) is 19.9 Å². The van der Waals surface area contributed by atoms with Gasteiger partial charge in [-0.15, -0.1) is 0 Å². The molecule has 0 aliphatic heterocycles. The topological polar surface area (TPSA) is 38.3 Å². The molecular weight excluding hydrogens is 269 g/mol. The Balaban J connectivity index is 1.71. The Hall–Kier alpha value is -2.36. The maximum atomic E-state index is 13.1. The van der Waals surface area contributed by atoms with Crippen LogP contribution in [0, 0.1) is 12.7 Å². The number of amides is 1. The molecule has 0 fully saturated rings. The molecule has 0 atom stereocenters. The van der Waals surface area contributed by atoms with Crippen LogP contribution in [0.2, 0.25) is 0 Å². The summed E-state index contributed by atoms with van der Waals surface area (Å²) in [5, 5.41) is 2.79. The molecule has 2 rings (SSSR count). The Labute approximate surface area is 123 Å². The minimum atomic E-state index is -0.235. The van der Waals surface area contributed by atoms with Crippen molar-refractivity contribution in [1.29, 1.82) is 0 Å². The second-order valence-corrected chi connectivity index (χ2v) is 4.77.